The van der Waals surface area contributed by atoms with Gasteiger partial charge in [-0.05, 0) is 25.8 Å². The number of carboxylic acids is 1. The molecule has 0 aliphatic carbocycles. The maximum Gasteiger partial charge on any atom is 0.372 e. The molecule has 5 nitrogen and oxygen atoms in total. The first-order chi connectivity index (χ1) is 8.56. The number of aromatic carboxylic acids is 1. The number of ether oxygens (including phenoxy) is 1. The second-order valence-corrected chi connectivity index (χ2v) is 5.92. The fourth-order valence-corrected chi connectivity index (χ4v) is 3.29. The van der Waals surface area contributed by atoms with Crippen molar-refractivity contribution in [2.45, 2.75) is 31.6 Å². The molecule has 2 heterocycles. The lowest BCUT2D eigenvalue weighted by Crippen LogP contribution is -2.16. The van der Waals surface area contributed by atoms with E-state index in [-0.39, 0.29) is 17.6 Å². The van der Waals surface area contributed by atoms with Gasteiger partial charge >= 0.3 is 5.97 Å². The Kier molecular flexibility index (Phi) is 4.19. The topological polar surface area (TPSA) is 76.7 Å². The van der Waals surface area contributed by atoms with E-state index in [1.54, 1.807) is 13.0 Å². The zero-order chi connectivity index (χ0) is 13.1. The summed E-state index contributed by atoms with van der Waals surface area (Å²) in [7, 11) is -1.08. The monoisotopic (exact) mass is 272 g/mol. The van der Waals surface area contributed by atoms with Gasteiger partial charge in [-0.25, -0.2) is 4.79 Å². The summed E-state index contributed by atoms with van der Waals surface area (Å²) in [5, 5.41) is 8.85. The molecule has 1 aliphatic rings. The van der Waals surface area contributed by atoms with Gasteiger partial charge in [-0.2, -0.15) is 0 Å². The highest BCUT2D eigenvalue weighted by atomic mass is 32.2. The molecule has 6 heteroatoms. The minimum absolute atomic E-state index is 0.0702. The van der Waals surface area contributed by atoms with E-state index < -0.39 is 16.8 Å². The molecule has 2 atom stereocenters. The predicted octanol–water partition coefficient (Wildman–Crippen LogP) is 1.71. The van der Waals surface area contributed by atoms with Crippen molar-refractivity contribution >= 4 is 16.8 Å². The van der Waals surface area contributed by atoms with E-state index >= 15 is 0 Å². The van der Waals surface area contributed by atoms with Crippen molar-refractivity contribution < 1.29 is 23.3 Å². The molecule has 0 amide bonds. The number of furan rings is 1. The predicted molar refractivity (Wildman–Crippen MR) is 66.1 cm³/mol. The van der Waals surface area contributed by atoms with Gasteiger partial charge in [0.15, 0.2) is 0 Å². The number of hydrogen-bond acceptors (Lipinski definition) is 4. The second kappa shape index (κ2) is 5.67. The molecule has 1 N–H and O–H groups in total. The Morgan fingerprint density at radius 3 is 2.94 bits per heavy atom. The summed E-state index contributed by atoms with van der Waals surface area (Å²) >= 11 is 0. The van der Waals surface area contributed by atoms with E-state index in [2.05, 4.69) is 0 Å². The number of hydrogen-bond donors (Lipinski definition) is 1. The third kappa shape index (κ3) is 3.20. The first-order valence-electron chi connectivity index (χ1n) is 5.85. The van der Waals surface area contributed by atoms with Crippen molar-refractivity contribution in [3.05, 3.63) is 23.2 Å². The molecule has 18 heavy (non-hydrogen) atoms. The standard InChI is InChI=1S/C12H16O5S/c1-8-5-10(17-11(8)12(13)14)7-18(15)6-9-3-2-4-16-9/h5,9H,2-4,6-7H2,1H3,(H,13,14). The first kappa shape index (κ1) is 13.3. The van der Waals surface area contributed by atoms with Crippen LogP contribution in [0.15, 0.2) is 10.5 Å². The zero-order valence-electron chi connectivity index (χ0n) is 10.2. The molecule has 1 aliphatic heterocycles. The van der Waals surface area contributed by atoms with Crippen LogP contribution in [0.4, 0.5) is 0 Å². The first-order valence-corrected chi connectivity index (χ1v) is 7.34. The number of rotatable bonds is 5. The van der Waals surface area contributed by atoms with E-state index in [0.29, 0.717) is 17.1 Å². The molecule has 0 aromatic carbocycles. The maximum absolute atomic E-state index is 11.9. The Bertz CT molecular complexity index is 459. The van der Waals surface area contributed by atoms with Crippen LogP contribution in [-0.4, -0.2) is 33.7 Å². The average molecular weight is 272 g/mol. The van der Waals surface area contributed by atoms with E-state index in [4.69, 9.17) is 14.3 Å². The Morgan fingerprint density at radius 2 is 2.39 bits per heavy atom. The van der Waals surface area contributed by atoms with E-state index in [0.717, 1.165) is 19.4 Å². The summed E-state index contributed by atoms with van der Waals surface area (Å²) in [5.74, 6) is 0.0276. The quantitative estimate of drug-likeness (QED) is 0.883. The van der Waals surface area contributed by atoms with Gasteiger partial charge < -0.3 is 14.3 Å². The molecule has 0 saturated carbocycles. The van der Waals surface area contributed by atoms with E-state index in [9.17, 15) is 9.00 Å². The summed E-state index contributed by atoms with van der Waals surface area (Å²) < 4.78 is 22.5. The van der Waals surface area contributed by atoms with Gasteiger partial charge in [0, 0.05) is 23.0 Å². The molecule has 100 valence electrons. The summed E-state index contributed by atoms with van der Waals surface area (Å²) in [4.78, 5) is 10.8. The lowest BCUT2D eigenvalue weighted by Gasteiger charge is -2.07. The van der Waals surface area contributed by atoms with Crippen LogP contribution in [-0.2, 0) is 21.3 Å². The van der Waals surface area contributed by atoms with Crippen molar-refractivity contribution in [2.75, 3.05) is 12.4 Å². The minimum atomic E-state index is -1.09. The fourth-order valence-electron chi connectivity index (χ4n) is 2.03. The van der Waals surface area contributed by atoms with Crippen molar-refractivity contribution in [3.8, 4) is 0 Å². The van der Waals surface area contributed by atoms with Crippen LogP contribution in [0.25, 0.3) is 0 Å². The van der Waals surface area contributed by atoms with Crippen LogP contribution in [0, 0.1) is 6.92 Å². The smallest absolute Gasteiger partial charge is 0.372 e. The molecule has 1 saturated heterocycles. The van der Waals surface area contributed by atoms with Gasteiger partial charge in [0.05, 0.1) is 17.6 Å². The van der Waals surface area contributed by atoms with Crippen LogP contribution < -0.4 is 0 Å². The van der Waals surface area contributed by atoms with Gasteiger partial charge in [0.25, 0.3) is 0 Å². The molecule has 0 spiro atoms. The summed E-state index contributed by atoms with van der Waals surface area (Å²) in [6.45, 7) is 2.41. The fraction of sp³-hybridized carbons (Fsp3) is 0.583. The summed E-state index contributed by atoms with van der Waals surface area (Å²) in [6.07, 6.45) is 2.04. The SMILES string of the molecule is Cc1cc(CS(=O)CC2CCCO2)oc1C(=O)O. The number of aryl methyl sites for hydroxylation is 1. The average Bonchev–Trinajstić information content (AvgIpc) is 2.88. The zero-order valence-corrected chi connectivity index (χ0v) is 11.0. The molecule has 1 fully saturated rings. The third-order valence-electron chi connectivity index (χ3n) is 2.86. The lowest BCUT2D eigenvalue weighted by atomic mass is 10.3. The Labute approximate surface area is 108 Å². The third-order valence-corrected chi connectivity index (χ3v) is 4.21. The van der Waals surface area contributed by atoms with Crippen molar-refractivity contribution in [3.63, 3.8) is 0 Å². The highest BCUT2D eigenvalue weighted by Crippen LogP contribution is 2.18. The van der Waals surface area contributed by atoms with Gasteiger partial charge in [-0.3, -0.25) is 4.21 Å². The highest BCUT2D eigenvalue weighted by Gasteiger charge is 2.20. The second-order valence-electron chi connectivity index (χ2n) is 4.42. The van der Waals surface area contributed by atoms with Crippen LogP contribution in [0.3, 0.4) is 0 Å². The normalized spacial score (nSPS) is 21.1. The van der Waals surface area contributed by atoms with Crippen LogP contribution in [0.1, 0.15) is 34.7 Å². The van der Waals surface area contributed by atoms with Gasteiger partial charge in [0.1, 0.15) is 5.76 Å². The Morgan fingerprint density at radius 1 is 1.61 bits per heavy atom. The van der Waals surface area contributed by atoms with Gasteiger partial charge in [-0.15, -0.1) is 0 Å². The Balaban J connectivity index is 1.94. The molecule has 2 unspecified atom stereocenters. The number of carbonyl (C=O) groups is 1. The molecule has 0 bridgehead atoms. The van der Waals surface area contributed by atoms with Crippen LogP contribution >= 0.6 is 0 Å². The van der Waals surface area contributed by atoms with Crippen molar-refractivity contribution in [2.24, 2.45) is 0 Å². The maximum atomic E-state index is 11.9. The minimum Gasteiger partial charge on any atom is -0.475 e. The van der Waals surface area contributed by atoms with Crippen LogP contribution in [0.2, 0.25) is 0 Å². The molecular formula is C12H16O5S. The summed E-state index contributed by atoms with van der Waals surface area (Å²) in [5.41, 5.74) is 0.562. The Hall–Kier alpha value is -1.14. The van der Waals surface area contributed by atoms with Crippen LogP contribution in [0.5, 0.6) is 0 Å². The van der Waals surface area contributed by atoms with Gasteiger partial charge in [0.2, 0.25) is 5.76 Å². The highest BCUT2D eigenvalue weighted by molar-refractivity contribution is 7.84. The van der Waals surface area contributed by atoms with Gasteiger partial charge in [-0.1, -0.05) is 0 Å². The molecule has 1 aromatic heterocycles. The number of carboxylic acid groups (broad SMARTS) is 1. The lowest BCUT2D eigenvalue weighted by molar-refractivity contribution is 0.0659. The molecule has 2 rings (SSSR count). The van der Waals surface area contributed by atoms with E-state index in [1.165, 1.54) is 0 Å². The van der Waals surface area contributed by atoms with Crippen molar-refractivity contribution in [1.29, 1.82) is 0 Å². The molecule has 1 aromatic rings. The largest absolute Gasteiger partial charge is 0.475 e. The molecule has 0 radical (unpaired) electrons. The van der Waals surface area contributed by atoms with Crippen molar-refractivity contribution in [1.82, 2.24) is 0 Å². The molecular weight excluding hydrogens is 256 g/mol. The van der Waals surface area contributed by atoms with E-state index in [1.807, 2.05) is 0 Å². The summed E-state index contributed by atoms with van der Waals surface area (Å²) in [6, 6.07) is 1.64.